The van der Waals surface area contributed by atoms with Crippen molar-refractivity contribution >= 4 is 11.9 Å². The lowest BCUT2D eigenvalue weighted by atomic mass is 9.73. The summed E-state index contributed by atoms with van der Waals surface area (Å²) in [5, 5.41) is 17.2. The van der Waals surface area contributed by atoms with Crippen LogP contribution in [0.3, 0.4) is 0 Å². The van der Waals surface area contributed by atoms with Gasteiger partial charge in [-0.05, 0) is 32.6 Å². The Balaban J connectivity index is 1.87. The molecule has 7 nitrogen and oxygen atoms in total. The highest BCUT2D eigenvalue weighted by Gasteiger charge is 2.35. The quantitative estimate of drug-likeness (QED) is 0.410. The Morgan fingerprint density at radius 3 is 2.64 bits per heavy atom. The van der Waals surface area contributed by atoms with Crippen molar-refractivity contribution in [3.05, 3.63) is 0 Å². The molecule has 144 valence electrons. The predicted octanol–water partition coefficient (Wildman–Crippen LogP) is 0.432. The first kappa shape index (κ1) is 20.0. The van der Waals surface area contributed by atoms with E-state index in [1.165, 1.54) is 6.42 Å². The van der Waals surface area contributed by atoms with E-state index < -0.39 is 0 Å². The molecule has 0 radical (unpaired) electrons. The number of hydrogen-bond donors (Lipinski definition) is 4. The third kappa shape index (κ3) is 6.15. The van der Waals surface area contributed by atoms with E-state index in [0.29, 0.717) is 19.1 Å². The summed E-state index contributed by atoms with van der Waals surface area (Å²) >= 11 is 0. The zero-order valence-corrected chi connectivity index (χ0v) is 15.8. The molecule has 1 aliphatic heterocycles. The molecular weight excluding hydrogens is 318 g/mol. The number of carbonyl (C=O) groups is 1. The lowest BCUT2D eigenvalue weighted by Crippen LogP contribution is -2.50. The predicted molar refractivity (Wildman–Crippen MR) is 100 cm³/mol. The molecule has 2 fully saturated rings. The molecule has 5 N–H and O–H groups in total. The van der Waals surface area contributed by atoms with E-state index >= 15 is 0 Å². The molecule has 2 unspecified atom stereocenters. The van der Waals surface area contributed by atoms with Crippen molar-refractivity contribution in [2.24, 2.45) is 16.1 Å². The van der Waals surface area contributed by atoms with E-state index in [4.69, 9.17) is 10.7 Å². The third-order valence-corrected chi connectivity index (χ3v) is 5.53. The van der Waals surface area contributed by atoms with Gasteiger partial charge in [-0.2, -0.15) is 0 Å². The van der Waals surface area contributed by atoms with E-state index in [1.807, 2.05) is 0 Å². The van der Waals surface area contributed by atoms with Crippen molar-refractivity contribution in [3.63, 3.8) is 0 Å². The molecule has 1 saturated heterocycles. The monoisotopic (exact) mass is 353 g/mol. The van der Waals surface area contributed by atoms with Crippen LogP contribution in [-0.2, 0) is 4.79 Å². The van der Waals surface area contributed by atoms with Crippen molar-refractivity contribution in [2.75, 3.05) is 32.7 Å². The lowest BCUT2D eigenvalue weighted by Gasteiger charge is -2.37. The maximum Gasteiger partial charge on any atom is 0.231 e. The molecule has 7 heteroatoms. The molecule has 2 aliphatic rings. The average Bonchev–Trinajstić information content (AvgIpc) is 2.57. The van der Waals surface area contributed by atoms with Crippen LogP contribution in [0, 0.1) is 5.41 Å². The van der Waals surface area contributed by atoms with Gasteiger partial charge in [-0.3, -0.25) is 14.7 Å². The molecule has 0 bridgehead atoms. The number of carbonyl (C=O) groups excluding carboxylic acids is 1. The average molecular weight is 354 g/mol. The molecule has 0 aromatic rings. The number of hydrogen-bond acceptors (Lipinski definition) is 4. The number of guanidine groups is 1. The fraction of sp³-hybridized carbons (Fsp3) is 0.889. The second-order valence-electron chi connectivity index (χ2n) is 7.77. The van der Waals surface area contributed by atoms with Crippen molar-refractivity contribution in [2.45, 2.75) is 64.5 Å². The van der Waals surface area contributed by atoms with E-state index in [9.17, 15) is 9.90 Å². The van der Waals surface area contributed by atoms with Crippen LogP contribution in [0.5, 0.6) is 0 Å². The first-order valence-corrected chi connectivity index (χ1v) is 9.66. The van der Waals surface area contributed by atoms with Crippen LogP contribution >= 0.6 is 0 Å². The first-order valence-electron chi connectivity index (χ1n) is 9.66. The van der Waals surface area contributed by atoms with Gasteiger partial charge in [0.15, 0.2) is 5.96 Å². The van der Waals surface area contributed by atoms with Gasteiger partial charge in [0.2, 0.25) is 5.91 Å². The van der Waals surface area contributed by atoms with Gasteiger partial charge in [0.05, 0.1) is 19.2 Å². The highest BCUT2D eigenvalue weighted by Crippen LogP contribution is 2.36. The van der Waals surface area contributed by atoms with E-state index in [2.05, 4.69) is 29.4 Å². The largest absolute Gasteiger partial charge is 0.392 e. The van der Waals surface area contributed by atoms with Crippen LogP contribution in [0.2, 0.25) is 0 Å². The van der Waals surface area contributed by atoms with Crippen LogP contribution in [0.25, 0.3) is 0 Å². The summed E-state index contributed by atoms with van der Waals surface area (Å²) in [5.41, 5.74) is 5.15. The smallest absolute Gasteiger partial charge is 0.231 e. The van der Waals surface area contributed by atoms with Crippen LogP contribution in [-0.4, -0.2) is 66.7 Å². The number of nitrogens with two attached hydrogens (primary N) is 1. The Bertz CT molecular complexity index is 462. The number of aliphatic hydroxyl groups excluding tert-OH is 1. The zero-order chi connectivity index (χ0) is 18.3. The number of nitrogens with one attached hydrogen (secondary N) is 2. The van der Waals surface area contributed by atoms with Crippen molar-refractivity contribution < 1.29 is 9.90 Å². The Labute approximate surface area is 151 Å². The van der Waals surface area contributed by atoms with Gasteiger partial charge in [0, 0.05) is 31.1 Å². The van der Waals surface area contributed by atoms with Gasteiger partial charge in [0.25, 0.3) is 0 Å². The number of primary amides is 1. The van der Waals surface area contributed by atoms with Crippen LogP contribution in [0.4, 0.5) is 0 Å². The molecule has 0 aromatic carbocycles. The highest BCUT2D eigenvalue weighted by molar-refractivity contribution is 5.80. The highest BCUT2D eigenvalue weighted by atomic mass is 16.3. The maximum absolute atomic E-state index is 11.0. The summed E-state index contributed by atoms with van der Waals surface area (Å²) in [6, 6.07) is 0.353. The fourth-order valence-electron chi connectivity index (χ4n) is 3.79. The molecule has 1 heterocycles. The van der Waals surface area contributed by atoms with Crippen molar-refractivity contribution in [1.29, 1.82) is 0 Å². The SMILES string of the molecule is CCNC(=NCC1(C)CCCCC1O)NC1CCN(CC(N)=O)CC1. The number of nitrogens with zero attached hydrogens (tertiary/aromatic N) is 2. The second kappa shape index (κ2) is 9.38. The van der Waals surface area contributed by atoms with Crippen molar-refractivity contribution in [1.82, 2.24) is 15.5 Å². The number of piperidine rings is 1. The molecule has 1 saturated carbocycles. The number of aliphatic hydroxyl groups is 1. The van der Waals surface area contributed by atoms with Crippen LogP contribution < -0.4 is 16.4 Å². The van der Waals surface area contributed by atoms with Crippen LogP contribution in [0.15, 0.2) is 4.99 Å². The van der Waals surface area contributed by atoms with Gasteiger partial charge in [0.1, 0.15) is 0 Å². The Morgan fingerprint density at radius 1 is 1.32 bits per heavy atom. The second-order valence-corrected chi connectivity index (χ2v) is 7.77. The maximum atomic E-state index is 11.0. The number of aliphatic imine (C=N–C) groups is 1. The standard InChI is InChI=1S/C18H35N5O2/c1-3-20-17(21-13-18(2)9-5-4-6-15(18)24)22-14-7-10-23(11-8-14)12-16(19)25/h14-15,24H,3-13H2,1-2H3,(H2,19,25)(H2,20,21,22). The topological polar surface area (TPSA) is 103 Å². The molecule has 2 rings (SSSR count). The van der Waals surface area contributed by atoms with Gasteiger partial charge in [-0.25, -0.2) is 0 Å². The zero-order valence-electron chi connectivity index (χ0n) is 15.8. The van der Waals surface area contributed by atoms with Gasteiger partial charge in [-0.1, -0.05) is 19.8 Å². The summed E-state index contributed by atoms with van der Waals surface area (Å²) < 4.78 is 0. The molecule has 2 atom stereocenters. The Kier molecular flexibility index (Phi) is 7.50. The summed E-state index contributed by atoms with van der Waals surface area (Å²) in [4.78, 5) is 17.9. The van der Waals surface area contributed by atoms with E-state index in [1.54, 1.807) is 0 Å². The van der Waals surface area contributed by atoms with Gasteiger partial charge >= 0.3 is 0 Å². The summed E-state index contributed by atoms with van der Waals surface area (Å²) in [6.45, 7) is 7.75. The number of amides is 1. The molecule has 25 heavy (non-hydrogen) atoms. The molecule has 0 spiro atoms. The van der Waals surface area contributed by atoms with Gasteiger partial charge in [-0.15, -0.1) is 0 Å². The minimum absolute atomic E-state index is 0.120. The minimum atomic E-state index is -0.263. The first-order chi connectivity index (χ1) is 11.9. The third-order valence-electron chi connectivity index (χ3n) is 5.53. The number of likely N-dealkylation sites (tertiary alicyclic amines) is 1. The van der Waals surface area contributed by atoms with Crippen molar-refractivity contribution in [3.8, 4) is 0 Å². The fourth-order valence-corrected chi connectivity index (χ4v) is 3.79. The van der Waals surface area contributed by atoms with E-state index in [-0.39, 0.29) is 17.4 Å². The summed E-state index contributed by atoms with van der Waals surface area (Å²) in [6.07, 6.45) is 5.88. The molecular formula is C18H35N5O2. The Hall–Kier alpha value is -1.34. The van der Waals surface area contributed by atoms with Crippen LogP contribution in [0.1, 0.15) is 52.4 Å². The minimum Gasteiger partial charge on any atom is -0.392 e. The normalized spacial score (nSPS) is 29.4. The molecule has 1 aliphatic carbocycles. The number of rotatable bonds is 6. The van der Waals surface area contributed by atoms with E-state index in [0.717, 1.165) is 57.7 Å². The summed E-state index contributed by atoms with van der Waals surface area (Å²) in [7, 11) is 0. The lowest BCUT2D eigenvalue weighted by molar-refractivity contribution is -0.119. The summed E-state index contributed by atoms with van der Waals surface area (Å²) in [5.74, 6) is 0.565. The Morgan fingerprint density at radius 2 is 2.04 bits per heavy atom. The molecule has 1 amide bonds. The van der Waals surface area contributed by atoms with Gasteiger partial charge < -0.3 is 21.5 Å². The molecule has 0 aromatic heterocycles.